The van der Waals surface area contributed by atoms with Crippen LogP contribution in [-0.2, 0) is 11.3 Å². The van der Waals surface area contributed by atoms with E-state index in [1.165, 1.54) is 6.92 Å². The minimum atomic E-state index is -0.316. The van der Waals surface area contributed by atoms with Crippen molar-refractivity contribution in [1.29, 1.82) is 0 Å². The lowest BCUT2D eigenvalue weighted by molar-refractivity contribution is -0.114. The van der Waals surface area contributed by atoms with Crippen LogP contribution in [0.1, 0.15) is 33.2 Å². The molecular weight excluding hydrogens is 378 g/mol. The van der Waals surface area contributed by atoms with Crippen LogP contribution < -0.4 is 16.0 Å². The minimum Gasteiger partial charge on any atom is -0.376 e. The average Bonchev–Trinajstić information content (AvgIpc) is 2.77. The number of benzene rings is 3. The van der Waals surface area contributed by atoms with Gasteiger partial charge in [-0.15, -0.1) is 0 Å². The van der Waals surface area contributed by atoms with E-state index in [-0.39, 0.29) is 24.1 Å². The smallest absolute Gasteiger partial charge is 0.253 e. The number of carbonyl (C=O) groups excluding carboxylic acids is 3. The molecule has 0 aromatic heterocycles. The lowest BCUT2D eigenvalue weighted by Gasteiger charge is -2.13. The molecule has 0 radical (unpaired) electrons. The number of ketones is 1. The molecule has 0 saturated heterocycles. The van der Waals surface area contributed by atoms with Crippen molar-refractivity contribution in [3.8, 4) is 0 Å². The maximum absolute atomic E-state index is 12.6. The molecule has 0 fully saturated rings. The fraction of sp³-hybridized carbons (Fsp3) is 0.125. The molecule has 6 nitrogen and oxygen atoms in total. The molecule has 0 unspecified atom stereocenters. The molecule has 3 rings (SSSR count). The molecule has 0 aliphatic rings. The second-order valence-corrected chi connectivity index (χ2v) is 6.72. The zero-order chi connectivity index (χ0) is 21.3. The van der Waals surface area contributed by atoms with Crippen molar-refractivity contribution in [3.05, 3.63) is 95.6 Å². The van der Waals surface area contributed by atoms with Gasteiger partial charge in [-0.2, -0.15) is 0 Å². The van der Waals surface area contributed by atoms with E-state index in [0.717, 1.165) is 5.56 Å². The third-order valence-electron chi connectivity index (χ3n) is 4.49. The molecule has 0 atom stereocenters. The Morgan fingerprint density at radius 2 is 1.33 bits per heavy atom. The number of Topliss-reactive ketones (excluding diaryl/α,β-unsaturated/α-hetero) is 1. The van der Waals surface area contributed by atoms with Crippen molar-refractivity contribution in [2.24, 2.45) is 0 Å². The third kappa shape index (κ3) is 5.54. The van der Waals surface area contributed by atoms with Gasteiger partial charge in [0.25, 0.3) is 5.91 Å². The zero-order valence-electron chi connectivity index (χ0n) is 16.6. The van der Waals surface area contributed by atoms with E-state index < -0.39 is 0 Å². The van der Waals surface area contributed by atoms with Crippen LogP contribution in [0.5, 0.6) is 0 Å². The number of nitrogens with one attached hydrogen (secondary N) is 3. The molecule has 0 spiro atoms. The summed E-state index contributed by atoms with van der Waals surface area (Å²) in [6.45, 7) is 1.82. The summed E-state index contributed by atoms with van der Waals surface area (Å²) in [5.41, 5.74) is 2.92. The summed E-state index contributed by atoms with van der Waals surface area (Å²) < 4.78 is 0. The quantitative estimate of drug-likeness (QED) is 0.500. The standard InChI is InChI=1S/C24H23N3O3/c1-17(28)19-11-5-8-14-22(19)27-23(29)16-25-21-13-7-6-12-20(21)24(30)26-15-18-9-3-2-4-10-18/h2-14,25H,15-16H2,1H3,(H,26,30)(H,27,29). The van der Waals surface area contributed by atoms with E-state index in [2.05, 4.69) is 16.0 Å². The Bertz CT molecular complexity index is 1050. The number of rotatable bonds is 8. The molecule has 0 saturated carbocycles. The zero-order valence-corrected chi connectivity index (χ0v) is 16.6. The molecule has 3 N–H and O–H groups in total. The number of para-hydroxylation sites is 2. The molecule has 3 aromatic carbocycles. The number of anilines is 2. The first-order valence-electron chi connectivity index (χ1n) is 9.59. The highest BCUT2D eigenvalue weighted by Crippen LogP contribution is 2.17. The van der Waals surface area contributed by atoms with Crippen molar-refractivity contribution >= 4 is 29.0 Å². The molecule has 0 aliphatic heterocycles. The molecule has 0 heterocycles. The van der Waals surface area contributed by atoms with Crippen molar-refractivity contribution in [2.75, 3.05) is 17.2 Å². The second-order valence-electron chi connectivity index (χ2n) is 6.72. The van der Waals surface area contributed by atoms with E-state index in [0.29, 0.717) is 29.0 Å². The molecule has 0 aliphatic carbocycles. The van der Waals surface area contributed by atoms with Gasteiger partial charge in [-0.25, -0.2) is 0 Å². The van der Waals surface area contributed by atoms with Gasteiger partial charge in [0.05, 0.1) is 17.8 Å². The maximum Gasteiger partial charge on any atom is 0.253 e. The van der Waals surface area contributed by atoms with Crippen molar-refractivity contribution in [1.82, 2.24) is 5.32 Å². The van der Waals surface area contributed by atoms with Crippen LogP contribution in [0.3, 0.4) is 0 Å². The van der Waals surface area contributed by atoms with Crippen LogP contribution >= 0.6 is 0 Å². The number of hydrogen-bond acceptors (Lipinski definition) is 4. The third-order valence-corrected chi connectivity index (χ3v) is 4.49. The van der Waals surface area contributed by atoms with Crippen molar-refractivity contribution in [3.63, 3.8) is 0 Å². The second kappa shape index (κ2) is 10.0. The number of carbonyl (C=O) groups is 3. The predicted octanol–water partition coefficient (Wildman–Crippen LogP) is 3.87. The normalized spacial score (nSPS) is 10.2. The van der Waals surface area contributed by atoms with Crippen LogP contribution in [-0.4, -0.2) is 24.1 Å². The molecule has 6 heteroatoms. The Morgan fingerprint density at radius 3 is 2.03 bits per heavy atom. The summed E-state index contributed by atoms with van der Waals surface area (Å²) in [6, 6.07) is 23.5. The first-order chi connectivity index (χ1) is 14.5. The Balaban J connectivity index is 1.61. The maximum atomic E-state index is 12.6. The average molecular weight is 401 g/mol. The molecule has 152 valence electrons. The number of amides is 2. The molecule has 3 aromatic rings. The van der Waals surface area contributed by atoms with Crippen LogP contribution in [0.25, 0.3) is 0 Å². The fourth-order valence-corrected chi connectivity index (χ4v) is 2.98. The van der Waals surface area contributed by atoms with Crippen molar-refractivity contribution < 1.29 is 14.4 Å². The summed E-state index contributed by atoms with van der Waals surface area (Å²) in [6.07, 6.45) is 0. The van der Waals surface area contributed by atoms with Gasteiger partial charge in [-0.1, -0.05) is 54.6 Å². The van der Waals surface area contributed by atoms with E-state index >= 15 is 0 Å². The topological polar surface area (TPSA) is 87.3 Å². The lowest BCUT2D eigenvalue weighted by atomic mass is 10.1. The first kappa shape index (κ1) is 20.8. The van der Waals surface area contributed by atoms with E-state index in [1.807, 2.05) is 30.3 Å². The summed E-state index contributed by atoms with van der Waals surface area (Å²) in [7, 11) is 0. The van der Waals surface area contributed by atoms with Gasteiger partial charge in [-0.3, -0.25) is 14.4 Å². The van der Waals surface area contributed by atoms with Gasteiger partial charge >= 0.3 is 0 Å². The Kier molecular flexibility index (Phi) is 6.95. The highest BCUT2D eigenvalue weighted by molar-refractivity contribution is 6.05. The van der Waals surface area contributed by atoms with Crippen LogP contribution in [0.15, 0.2) is 78.9 Å². The molecule has 30 heavy (non-hydrogen) atoms. The van der Waals surface area contributed by atoms with E-state index in [9.17, 15) is 14.4 Å². The summed E-state index contributed by atoms with van der Waals surface area (Å²) in [5.74, 6) is -0.674. The highest BCUT2D eigenvalue weighted by Gasteiger charge is 2.13. The van der Waals surface area contributed by atoms with Gasteiger partial charge in [0.1, 0.15) is 0 Å². The Hall–Kier alpha value is -3.93. The monoisotopic (exact) mass is 401 g/mol. The largest absolute Gasteiger partial charge is 0.376 e. The molecular formula is C24H23N3O3. The van der Waals surface area contributed by atoms with Gasteiger partial charge in [-0.05, 0) is 36.8 Å². The van der Waals surface area contributed by atoms with Crippen molar-refractivity contribution in [2.45, 2.75) is 13.5 Å². The molecule has 0 bridgehead atoms. The lowest BCUT2D eigenvalue weighted by Crippen LogP contribution is -2.26. The van der Waals surface area contributed by atoms with E-state index in [4.69, 9.17) is 0 Å². The highest BCUT2D eigenvalue weighted by atomic mass is 16.2. The summed E-state index contributed by atoms with van der Waals surface area (Å²) in [5, 5.41) is 8.62. The fourth-order valence-electron chi connectivity index (χ4n) is 2.98. The summed E-state index contributed by atoms with van der Waals surface area (Å²) >= 11 is 0. The first-order valence-corrected chi connectivity index (χ1v) is 9.59. The van der Waals surface area contributed by atoms with Gasteiger partial charge in [0.15, 0.2) is 5.78 Å². The van der Waals surface area contributed by atoms with E-state index in [1.54, 1.807) is 48.5 Å². The van der Waals surface area contributed by atoms with Gasteiger partial charge in [0, 0.05) is 17.8 Å². The Morgan fingerprint density at radius 1 is 0.733 bits per heavy atom. The molecule has 2 amide bonds. The SMILES string of the molecule is CC(=O)c1ccccc1NC(=O)CNc1ccccc1C(=O)NCc1ccccc1. The Labute approximate surface area is 175 Å². The van der Waals surface area contributed by atoms with Gasteiger partial charge < -0.3 is 16.0 Å². The predicted molar refractivity (Wildman–Crippen MR) is 118 cm³/mol. The van der Waals surface area contributed by atoms with Crippen LogP contribution in [0, 0.1) is 0 Å². The van der Waals surface area contributed by atoms with Gasteiger partial charge in [0.2, 0.25) is 5.91 Å². The summed E-state index contributed by atoms with van der Waals surface area (Å²) in [4.78, 5) is 36.7. The van der Waals surface area contributed by atoms with Crippen LogP contribution in [0.2, 0.25) is 0 Å². The van der Waals surface area contributed by atoms with Crippen LogP contribution in [0.4, 0.5) is 11.4 Å². The number of hydrogen-bond donors (Lipinski definition) is 3. The minimum absolute atomic E-state index is 0.0464.